The molecule has 0 unspecified atom stereocenters. The minimum Gasteiger partial charge on any atom is -0.296 e. The van der Waals surface area contributed by atoms with Crippen molar-refractivity contribution in [3.63, 3.8) is 0 Å². The van der Waals surface area contributed by atoms with Crippen LogP contribution in [0.4, 0.5) is 11.4 Å². The summed E-state index contributed by atoms with van der Waals surface area (Å²) >= 11 is 11.9. The molecule has 0 aliphatic heterocycles. The van der Waals surface area contributed by atoms with Crippen LogP contribution in [0.3, 0.4) is 0 Å². The molecule has 0 saturated carbocycles. The Bertz CT molecular complexity index is 884. The summed E-state index contributed by atoms with van der Waals surface area (Å²) in [7, 11) is 0. The molecule has 0 fully saturated rings. The summed E-state index contributed by atoms with van der Waals surface area (Å²) in [5, 5.41) is 11.7. The summed E-state index contributed by atoms with van der Waals surface area (Å²) in [6, 6.07) is 14.0. The number of rotatable bonds is 3. The molecule has 3 aromatic rings. The third-order valence-electron chi connectivity index (χ3n) is 2.94. The van der Waals surface area contributed by atoms with Crippen molar-refractivity contribution in [2.75, 3.05) is 0 Å². The van der Waals surface area contributed by atoms with Crippen LogP contribution < -0.4 is 5.56 Å². The zero-order valence-corrected chi connectivity index (χ0v) is 12.7. The van der Waals surface area contributed by atoms with Gasteiger partial charge in [0.25, 0.3) is 5.56 Å². The van der Waals surface area contributed by atoms with Gasteiger partial charge in [0.2, 0.25) is 0 Å². The maximum Gasteiger partial charge on any atom is 0.298 e. The first-order valence-electron chi connectivity index (χ1n) is 6.38. The minimum absolute atomic E-state index is 0.180. The number of hydrogen-bond donors (Lipinski definition) is 1. The molecular formula is C15H10Cl2N4O. The quantitative estimate of drug-likeness (QED) is 0.682. The predicted molar refractivity (Wildman–Crippen MR) is 87.0 cm³/mol. The van der Waals surface area contributed by atoms with Crippen molar-refractivity contribution in [1.82, 2.24) is 9.78 Å². The van der Waals surface area contributed by atoms with Crippen LogP contribution in [0.1, 0.15) is 0 Å². The van der Waals surface area contributed by atoms with E-state index in [2.05, 4.69) is 15.3 Å². The van der Waals surface area contributed by atoms with Gasteiger partial charge in [-0.25, -0.2) is 4.68 Å². The third-order valence-corrected chi connectivity index (χ3v) is 3.50. The molecule has 0 bridgehead atoms. The third kappa shape index (κ3) is 2.95. The second-order valence-electron chi connectivity index (χ2n) is 4.43. The van der Waals surface area contributed by atoms with Crippen LogP contribution in [0.2, 0.25) is 10.0 Å². The number of aromatic amines is 1. The van der Waals surface area contributed by atoms with Gasteiger partial charge in [-0.2, -0.15) is 0 Å². The van der Waals surface area contributed by atoms with E-state index < -0.39 is 0 Å². The number of aromatic nitrogens is 2. The molecule has 110 valence electrons. The molecule has 0 saturated heterocycles. The van der Waals surface area contributed by atoms with Crippen LogP contribution in [0.5, 0.6) is 0 Å². The van der Waals surface area contributed by atoms with Gasteiger partial charge in [-0.3, -0.25) is 9.89 Å². The molecular weight excluding hydrogens is 323 g/mol. The lowest BCUT2D eigenvalue weighted by molar-refractivity contribution is 0.849. The van der Waals surface area contributed by atoms with Gasteiger partial charge in [-0.1, -0.05) is 41.4 Å². The number of nitrogens with one attached hydrogen (secondary N) is 1. The van der Waals surface area contributed by atoms with Crippen LogP contribution in [0.25, 0.3) is 5.69 Å². The Hall–Kier alpha value is -2.37. The van der Waals surface area contributed by atoms with Crippen molar-refractivity contribution < 1.29 is 0 Å². The van der Waals surface area contributed by atoms with Crippen LogP contribution >= 0.6 is 23.2 Å². The van der Waals surface area contributed by atoms with Gasteiger partial charge in [-0.05, 0) is 30.3 Å². The smallest absolute Gasteiger partial charge is 0.296 e. The summed E-state index contributed by atoms with van der Waals surface area (Å²) in [5.41, 5.74) is 1.00. The Balaban J connectivity index is 1.94. The van der Waals surface area contributed by atoms with E-state index in [1.165, 1.54) is 10.9 Å². The highest BCUT2D eigenvalue weighted by Gasteiger charge is 2.07. The molecule has 7 heteroatoms. The second kappa shape index (κ2) is 6.17. The fraction of sp³-hybridized carbons (Fsp3) is 0. The molecule has 1 aromatic heterocycles. The Morgan fingerprint density at radius 1 is 0.955 bits per heavy atom. The average Bonchev–Trinajstić information content (AvgIpc) is 2.90. The van der Waals surface area contributed by atoms with Crippen molar-refractivity contribution in [1.29, 1.82) is 0 Å². The summed E-state index contributed by atoms with van der Waals surface area (Å²) < 4.78 is 1.38. The highest BCUT2D eigenvalue weighted by Crippen LogP contribution is 2.29. The van der Waals surface area contributed by atoms with Gasteiger partial charge in [0.05, 0.1) is 16.9 Å². The molecule has 0 radical (unpaired) electrons. The predicted octanol–water partition coefficient (Wildman–Crippen LogP) is 4.89. The van der Waals surface area contributed by atoms with E-state index in [4.69, 9.17) is 23.2 Å². The van der Waals surface area contributed by atoms with Crippen molar-refractivity contribution >= 4 is 34.6 Å². The molecule has 22 heavy (non-hydrogen) atoms. The van der Waals surface area contributed by atoms with E-state index in [0.717, 1.165) is 5.69 Å². The molecule has 0 aliphatic carbocycles. The Morgan fingerprint density at radius 2 is 1.68 bits per heavy atom. The molecule has 2 aromatic carbocycles. The molecule has 3 rings (SSSR count). The van der Waals surface area contributed by atoms with Gasteiger partial charge < -0.3 is 0 Å². The number of H-pyrrole nitrogens is 1. The SMILES string of the molecule is O=c1c(N=Nc2cc(Cl)ccc2Cl)c[nH]n1-c1ccccc1. The number of para-hydroxylation sites is 1. The second-order valence-corrected chi connectivity index (χ2v) is 5.27. The molecule has 5 nitrogen and oxygen atoms in total. The molecule has 1 N–H and O–H groups in total. The molecule has 0 amide bonds. The van der Waals surface area contributed by atoms with Gasteiger partial charge in [0, 0.05) is 5.02 Å². The molecule has 0 spiro atoms. The maximum atomic E-state index is 12.3. The summed E-state index contributed by atoms with van der Waals surface area (Å²) in [6.07, 6.45) is 1.48. The van der Waals surface area contributed by atoms with Crippen LogP contribution in [-0.2, 0) is 0 Å². The van der Waals surface area contributed by atoms with E-state index in [1.54, 1.807) is 18.2 Å². The average molecular weight is 333 g/mol. The molecule has 0 aliphatic rings. The first-order valence-corrected chi connectivity index (χ1v) is 7.13. The van der Waals surface area contributed by atoms with Crippen molar-refractivity contribution in [2.45, 2.75) is 0 Å². The Labute approximate surface area is 135 Å². The number of nitrogens with zero attached hydrogens (tertiary/aromatic N) is 3. The fourth-order valence-electron chi connectivity index (χ4n) is 1.87. The number of hydrogen-bond acceptors (Lipinski definition) is 3. The van der Waals surface area contributed by atoms with Crippen LogP contribution in [0, 0.1) is 0 Å². The zero-order chi connectivity index (χ0) is 15.5. The normalized spacial score (nSPS) is 11.2. The van der Waals surface area contributed by atoms with Gasteiger partial charge >= 0.3 is 0 Å². The first-order chi connectivity index (χ1) is 10.6. The number of halogens is 2. The zero-order valence-electron chi connectivity index (χ0n) is 11.2. The Morgan fingerprint density at radius 3 is 2.45 bits per heavy atom. The lowest BCUT2D eigenvalue weighted by Crippen LogP contribution is -2.13. The summed E-state index contributed by atoms with van der Waals surface area (Å²) in [6.45, 7) is 0. The van der Waals surface area contributed by atoms with Gasteiger partial charge in [0.15, 0.2) is 5.69 Å². The summed E-state index contributed by atoms with van der Waals surface area (Å²) in [5.74, 6) is 0. The lowest BCUT2D eigenvalue weighted by Gasteiger charge is -1.98. The summed E-state index contributed by atoms with van der Waals surface area (Å²) in [4.78, 5) is 12.3. The lowest BCUT2D eigenvalue weighted by atomic mass is 10.3. The standard InChI is InChI=1S/C15H10Cl2N4O/c16-10-6-7-12(17)13(8-10)19-20-14-9-18-21(15(14)22)11-4-2-1-3-5-11/h1-9,18H. The van der Waals surface area contributed by atoms with E-state index in [0.29, 0.717) is 15.7 Å². The van der Waals surface area contributed by atoms with Crippen LogP contribution in [0.15, 0.2) is 69.8 Å². The van der Waals surface area contributed by atoms with Crippen molar-refractivity contribution in [2.24, 2.45) is 10.2 Å². The van der Waals surface area contributed by atoms with E-state index in [9.17, 15) is 4.79 Å². The largest absolute Gasteiger partial charge is 0.298 e. The van der Waals surface area contributed by atoms with E-state index in [-0.39, 0.29) is 11.2 Å². The monoisotopic (exact) mass is 332 g/mol. The first kappa shape index (κ1) is 14.6. The van der Waals surface area contributed by atoms with Crippen molar-refractivity contribution in [3.05, 3.63) is 75.1 Å². The Kier molecular flexibility index (Phi) is 4.09. The fourth-order valence-corrected chi connectivity index (χ4v) is 2.19. The van der Waals surface area contributed by atoms with Crippen LogP contribution in [-0.4, -0.2) is 9.78 Å². The number of azo groups is 1. The van der Waals surface area contributed by atoms with Gasteiger partial charge in [-0.15, -0.1) is 10.2 Å². The maximum absolute atomic E-state index is 12.3. The van der Waals surface area contributed by atoms with E-state index >= 15 is 0 Å². The molecule has 0 atom stereocenters. The van der Waals surface area contributed by atoms with E-state index in [1.807, 2.05) is 30.3 Å². The highest BCUT2D eigenvalue weighted by molar-refractivity contribution is 6.35. The highest BCUT2D eigenvalue weighted by atomic mass is 35.5. The number of benzene rings is 2. The minimum atomic E-state index is -0.298. The molecule has 1 heterocycles. The van der Waals surface area contributed by atoms with Gasteiger partial charge in [0.1, 0.15) is 5.69 Å². The topological polar surface area (TPSA) is 62.5 Å². The van der Waals surface area contributed by atoms with Crippen molar-refractivity contribution in [3.8, 4) is 5.69 Å².